The number of benzene rings is 2. The fourth-order valence-corrected chi connectivity index (χ4v) is 7.06. The zero-order valence-electron chi connectivity index (χ0n) is 33.2. The lowest BCUT2D eigenvalue weighted by Gasteiger charge is -2.45. The van der Waals surface area contributed by atoms with Gasteiger partial charge < -0.3 is 88.3 Å². The standard InChI is InChI=1S/C40H50O20/c1-15(2)6-11-20-23(56-39-31(50)29(48)27(46)24(13-41)57-39)12-21(43)25-28(47)36(34(58-35(20)25)18-7-9-19(52-5)10-8-18)60-40-32(51)37(33(16(3)54-40)55-17(4)42)59-38-30(49)26(45)22(44)14-53-38/h6-10,12,16,22,24,26-27,29-33,37-41,43-46,48-51H,11,13-14H2,1-5H3/t16?,22-,24?,26+,27-,29+,30?,31?,32+,33+,37?,38+,39-,40+/m1/s1. The molecule has 60 heavy (non-hydrogen) atoms. The Kier molecular flexibility index (Phi) is 14.0. The molecule has 0 aliphatic carbocycles. The molecule has 5 unspecified atom stereocenters. The number of fused-ring (bicyclic) bond motifs is 1. The van der Waals surface area contributed by atoms with E-state index in [1.165, 1.54) is 26.2 Å². The van der Waals surface area contributed by atoms with Crippen LogP contribution in [-0.2, 0) is 34.9 Å². The van der Waals surface area contributed by atoms with Crippen molar-refractivity contribution in [2.45, 2.75) is 120 Å². The van der Waals surface area contributed by atoms with E-state index in [0.717, 1.165) is 18.6 Å². The molecular formula is C40H50O20. The molecule has 3 aliphatic rings. The largest absolute Gasteiger partial charge is 0.507 e. The number of carbonyl (C=O) groups excluding carboxylic acids is 1. The van der Waals surface area contributed by atoms with Crippen LogP contribution in [0.4, 0.5) is 0 Å². The summed E-state index contributed by atoms with van der Waals surface area (Å²) >= 11 is 0. The van der Waals surface area contributed by atoms with Gasteiger partial charge in [-0.1, -0.05) is 11.6 Å². The van der Waals surface area contributed by atoms with Crippen molar-refractivity contribution in [3.05, 3.63) is 57.8 Å². The fraction of sp³-hybridized carbons (Fsp3) is 0.550. The van der Waals surface area contributed by atoms with Crippen LogP contribution in [-0.4, -0.2) is 158 Å². The number of phenolic OH excluding ortho intramolecular Hbond substituents is 1. The highest BCUT2D eigenvalue weighted by Gasteiger charge is 2.51. The van der Waals surface area contributed by atoms with Gasteiger partial charge in [-0.2, -0.15) is 0 Å². The maximum Gasteiger partial charge on any atom is 0.303 e. The summed E-state index contributed by atoms with van der Waals surface area (Å²) in [5.41, 5.74) is 0.0226. The monoisotopic (exact) mass is 850 g/mol. The summed E-state index contributed by atoms with van der Waals surface area (Å²) in [6, 6.07) is 7.24. The van der Waals surface area contributed by atoms with E-state index in [0.29, 0.717) is 5.75 Å². The van der Waals surface area contributed by atoms with Gasteiger partial charge in [0.25, 0.3) is 0 Å². The normalized spacial score (nSPS) is 33.2. The van der Waals surface area contributed by atoms with Gasteiger partial charge in [-0.25, -0.2) is 0 Å². The van der Waals surface area contributed by atoms with Crippen molar-refractivity contribution >= 4 is 16.9 Å². The van der Waals surface area contributed by atoms with E-state index in [2.05, 4.69) is 0 Å². The predicted octanol–water partition coefficient (Wildman–Crippen LogP) is -0.898. The number of allylic oxidation sites excluding steroid dienone is 2. The lowest BCUT2D eigenvalue weighted by molar-refractivity contribution is -0.336. The van der Waals surface area contributed by atoms with Crippen molar-refractivity contribution in [2.75, 3.05) is 20.3 Å². The summed E-state index contributed by atoms with van der Waals surface area (Å²) in [7, 11) is 1.44. The van der Waals surface area contributed by atoms with Crippen LogP contribution in [0.2, 0.25) is 0 Å². The molecule has 14 atom stereocenters. The number of esters is 1. The lowest BCUT2D eigenvalue weighted by atomic mass is 9.98. The van der Waals surface area contributed by atoms with Gasteiger partial charge in [0.05, 0.1) is 26.4 Å². The third-order valence-corrected chi connectivity index (χ3v) is 10.4. The molecule has 1 aromatic heterocycles. The second-order valence-electron chi connectivity index (χ2n) is 14.9. The first-order valence-electron chi connectivity index (χ1n) is 19.0. The van der Waals surface area contributed by atoms with Gasteiger partial charge >= 0.3 is 5.97 Å². The second-order valence-corrected chi connectivity index (χ2v) is 14.9. The first kappa shape index (κ1) is 45.1. The lowest BCUT2D eigenvalue weighted by Crippen LogP contribution is -2.63. The Balaban J connectivity index is 1.48. The Morgan fingerprint density at radius 1 is 0.850 bits per heavy atom. The first-order chi connectivity index (χ1) is 28.4. The third-order valence-electron chi connectivity index (χ3n) is 10.4. The van der Waals surface area contributed by atoms with Crippen molar-refractivity contribution in [1.82, 2.24) is 0 Å². The number of aliphatic hydroxyl groups is 8. The van der Waals surface area contributed by atoms with Crippen LogP contribution in [0.15, 0.2) is 51.2 Å². The van der Waals surface area contributed by atoms with Gasteiger partial charge in [-0.15, -0.1) is 0 Å². The quantitative estimate of drug-likeness (QED) is 0.0788. The van der Waals surface area contributed by atoms with E-state index in [9.17, 15) is 55.5 Å². The van der Waals surface area contributed by atoms with E-state index in [1.54, 1.807) is 32.1 Å². The molecule has 9 N–H and O–H groups in total. The molecular weight excluding hydrogens is 800 g/mol. The second kappa shape index (κ2) is 18.7. The highest BCUT2D eigenvalue weighted by atomic mass is 16.7. The number of hydrogen-bond acceptors (Lipinski definition) is 20. The van der Waals surface area contributed by atoms with Crippen molar-refractivity contribution in [1.29, 1.82) is 0 Å². The minimum Gasteiger partial charge on any atom is -0.507 e. The summed E-state index contributed by atoms with van der Waals surface area (Å²) in [4.78, 5) is 26.9. The Morgan fingerprint density at radius 3 is 2.15 bits per heavy atom. The number of hydrogen-bond donors (Lipinski definition) is 9. The van der Waals surface area contributed by atoms with E-state index in [4.69, 9.17) is 42.3 Å². The van der Waals surface area contributed by atoms with Gasteiger partial charge in [0.1, 0.15) is 83.2 Å². The topological polar surface area (TPSA) is 303 Å². The van der Waals surface area contributed by atoms with Crippen molar-refractivity contribution in [2.24, 2.45) is 0 Å². The van der Waals surface area contributed by atoms with Crippen molar-refractivity contribution in [3.63, 3.8) is 0 Å². The van der Waals surface area contributed by atoms with Crippen LogP contribution in [0.3, 0.4) is 0 Å². The summed E-state index contributed by atoms with van der Waals surface area (Å²) in [6.45, 7) is 4.97. The number of phenols is 1. The van der Waals surface area contributed by atoms with Gasteiger partial charge in [0.15, 0.2) is 18.2 Å². The molecule has 6 rings (SSSR count). The Bertz CT molecular complexity index is 2060. The summed E-state index contributed by atoms with van der Waals surface area (Å²) in [6.07, 6.45) is -20.9. The molecule has 3 saturated heterocycles. The van der Waals surface area contributed by atoms with E-state index < -0.39 is 128 Å². The Hall–Kier alpha value is -4.42. The molecule has 3 fully saturated rings. The molecule has 20 nitrogen and oxygen atoms in total. The van der Waals surface area contributed by atoms with Crippen LogP contribution in [0.25, 0.3) is 22.3 Å². The van der Waals surface area contributed by atoms with Gasteiger partial charge in [-0.05, 0) is 51.5 Å². The zero-order valence-corrected chi connectivity index (χ0v) is 33.2. The van der Waals surface area contributed by atoms with E-state index >= 15 is 0 Å². The van der Waals surface area contributed by atoms with Gasteiger partial charge in [-0.3, -0.25) is 9.59 Å². The van der Waals surface area contributed by atoms with Gasteiger partial charge in [0.2, 0.25) is 23.8 Å². The number of aromatic hydroxyl groups is 1. The smallest absolute Gasteiger partial charge is 0.303 e. The number of ether oxygens (including phenoxy) is 8. The molecule has 0 saturated carbocycles. The average Bonchev–Trinajstić information content (AvgIpc) is 3.21. The molecule has 3 aromatic rings. The SMILES string of the molecule is COc1ccc(-c2oc3c(CC=C(C)C)c(O[C@@H]4OC(CO)[C@@H](O)[C@H](O)C4O)cc(O)c3c(=O)c2O[C@@H]2OC(C)[C@H](OC(C)=O)C(O[C@@H]3OC[C@@H](O)[C@H](O)C3O)[C@@H]2O)cc1. The Morgan fingerprint density at radius 2 is 1.52 bits per heavy atom. The van der Waals surface area contributed by atoms with Crippen molar-refractivity contribution in [3.8, 4) is 34.3 Å². The minimum atomic E-state index is -1.92. The molecule has 2 aromatic carbocycles. The van der Waals surface area contributed by atoms with E-state index in [-0.39, 0.29) is 34.6 Å². The number of carbonyl (C=O) groups is 1. The maximum absolute atomic E-state index is 14.7. The minimum absolute atomic E-state index is 0.0103. The Labute approximate surface area is 342 Å². The molecule has 4 heterocycles. The molecule has 330 valence electrons. The van der Waals surface area contributed by atoms with Crippen LogP contribution in [0.1, 0.15) is 33.3 Å². The summed E-state index contributed by atoms with van der Waals surface area (Å²) < 4.78 is 52.1. The zero-order chi connectivity index (χ0) is 43.7. The predicted molar refractivity (Wildman–Crippen MR) is 203 cm³/mol. The average molecular weight is 851 g/mol. The summed E-state index contributed by atoms with van der Waals surface area (Å²) in [5, 5.41) is 94.9. The van der Waals surface area contributed by atoms with Crippen LogP contribution in [0.5, 0.6) is 23.0 Å². The van der Waals surface area contributed by atoms with Crippen LogP contribution >= 0.6 is 0 Å². The molecule has 0 bridgehead atoms. The van der Waals surface area contributed by atoms with Gasteiger partial charge in [0, 0.05) is 24.1 Å². The van der Waals surface area contributed by atoms with Crippen molar-refractivity contribution < 1.29 is 93.1 Å². The maximum atomic E-state index is 14.7. The van der Waals surface area contributed by atoms with Crippen LogP contribution in [0, 0.1) is 0 Å². The molecule has 3 aliphatic heterocycles. The summed E-state index contributed by atoms with van der Waals surface area (Å²) in [5.74, 6) is -2.05. The highest BCUT2D eigenvalue weighted by Crippen LogP contribution is 2.42. The number of aliphatic hydroxyl groups excluding tert-OH is 8. The highest BCUT2D eigenvalue weighted by molar-refractivity contribution is 5.91. The number of methoxy groups -OCH3 is 1. The molecule has 0 spiro atoms. The number of rotatable bonds is 12. The molecule has 20 heteroatoms. The molecule has 0 amide bonds. The first-order valence-corrected chi connectivity index (χ1v) is 19.0. The van der Waals surface area contributed by atoms with E-state index in [1.807, 2.05) is 0 Å². The molecule has 0 radical (unpaired) electrons. The van der Waals surface area contributed by atoms with Crippen LogP contribution < -0.4 is 19.6 Å². The third kappa shape index (κ3) is 9.10. The fourth-order valence-electron chi connectivity index (χ4n) is 7.06.